The van der Waals surface area contributed by atoms with E-state index in [1.54, 1.807) is 33.3 Å². The van der Waals surface area contributed by atoms with Gasteiger partial charge in [-0.3, -0.25) is 9.59 Å². The first kappa shape index (κ1) is 17.4. The van der Waals surface area contributed by atoms with Crippen molar-refractivity contribution in [1.29, 1.82) is 0 Å². The van der Waals surface area contributed by atoms with Gasteiger partial charge in [-0.1, -0.05) is 11.2 Å². The first-order valence-corrected chi connectivity index (χ1v) is 9.51. The van der Waals surface area contributed by atoms with Crippen molar-refractivity contribution in [1.82, 2.24) is 19.9 Å². The first-order valence-electron chi connectivity index (χ1n) is 8.63. The summed E-state index contributed by atoms with van der Waals surface area (Å²) in [7, 11) is 0. The molecule has 0 spiro atoms. The summed E-state index contributed by atoms with van der Waals surface area (Å²) in [4.78, 5) is 33.8. The Labute approximate surface area is 159 Å². The number of aryl methyl sites for hydroxylation is 1. The SMILES string of the molecule is Cc1noc2ncc(C(=O)N3CCN(C(=O)/C=C/c4cccs4)CC3)cc12. The van der Waals surface area contributed by atoms with Gasteiger partial charge in [0.1, 0.15) is 0 Å². The Morgan fingerprint density at radius 3 is 2.74 bits per heavy atom. The lowest BCUT2D eigenvalue weighted by Gasteiger charge is -2.34. The number of piperazine rings is 1. The molecule has 4 heterocycles. The number of hydrogen-bond acceptors (Lipinski definition) is 6. The topological polar surface area (TPSA) is 79.5 Å². The zero-order valence-electron chi connectivity index (χ0n) is 14.8. The van der Waals surface area contributed by atoms with E-state index in [0.717, 1.165) is 10.3 Å². The third-order valence-electron chi connectivity index (χ3n) is 4.57. The van der Waals surface area contributed by atoms with E-state index in [9.17, 15) is 9.59 Å². The van der Waals surface area contributed by atoms with Gasteiger partial charge in [0.05, 0.1) is 16.6 Å². The Kier molecular flexibility index (Phi) is 4.72. The number of fused-ring (bicyclic) bond motifs is 1. The molecule has 0 bridgehead atoms. The van der Waals surface area contributed by atoms with Crippen LogP contribution < -0.4 is 0 Å². The monoisotopic (exact) mass is 382 g/mol. The van der Waals surface area contributed by atoms with Crippen LogP contribution in [0.5, 0.6) is 0 Å². The largest absolute Gasteiger partial charge is 0.336 e. The molecule has 1 aliphatic heterocycles. The number of rotatable bonds is 3. The Balaban J connectivity index is 1.38. The maximum atomic E-state index is 12.8. The van der Waals surface area contributed by atoms with Crippen molar-refractivity contribution in [3.8, 4) is 0 Å². The molecule has 0 saturated carbocycles. The molecule has 0 aliphatic carbocycles. The quantitative estimate of drug-likeness (QED) is 0.651. The molecule has 8 heteroatoms. The zero-order valence-corrected chi connectivity index (χ0v) is 15.6. The molecule has 7 nitrogen and oxygen atoms in total. The molecule has 1 aliphatic rings. The van der Waals surface area contributed by atoms with Gasteiger partial charge in [-0.15, -0.1) is 11.3 Å². The number of pyridine rings is 1. The number of aromatic nitrogens is 2. The van der Waals surface area contributed by atoms with Crippen molar-refractivity contribution in [2.75, 3.05) is 26.2 Å². The summed E-state index contributed by atoms with van der Waals surface area (Å²) in [5.74, 6) is -0.120. The van der Waals surface area contributed by atoms with Crippen molar-refractivity contribution in [3.05, 3.63) is 52.0 Å². The van der Waals surface area contributed by atoms with Crippen LogP contribution >= 0.6 is 11.3 Å². The van der Waals surface area contributed by atoms with Gasteiger partial charge in [0.15, 0.2) is 0 Å². The van der Waals surface area contributed by atoms with Gasteiger partial charge in [0, 0.05) is 43.3 Å². The molecule has 27 heavy (non-hydrogen) atoms. The Morgan fingerprint density at radius 2 is 2.00 bits per heavy atom. The maximum absolute atomic E-state index is 12.8. The minimum absolute atomic E-state index is 0.0290. The van der Waals surface area contributed by atoms with Gasteiger partial charge >= 0.3 is 0 Å². The van der Waals surface area contributed by atoms with Crippen LogP contribution in [0.2, 0.25) is 0 Å². The average molecular weight is 382 g/mol. The summed E-state index contributed by atoms with van der Waals surface area (Å²) >= 11 is 1.59. The van der Waals surface area contributed by atoms with Gasteiger partial charge in [0.2, 0.25) is 5.91 Å². The van der Waals surface area contributed by atoms with Gasteiger partial charge < -0.3 is 14.3 Å². The fourth-order valence-electron chi connectivity index (χ4n) is 3.02. The minimum Gasteiger partial charge on any atom is -0.336 e. The second kappa shape index (κ2) is 7.32. The molecular weight excluding hydrogens is 364 g/mol. The summed E-state index contributed by atoms with van der Waals surface area (Å²) < 4.78 is 5.08. The highest BCUT2D eigenvalue weighted by Crippen LogP contribution is 2.18. The van der Waals surface area contributed by atoms with E-state index in [1.165, 1.54) is 6.20 Å². The van der Waals surface area contributed by atoms with Crippen LogP contribution in [-0.2, 0) is 4.79 Å². The molecule has 1 saturated heterocycles. The fourth-order valence-corrected chi connectivity index (χ4v) is 3.64. The standard InChI is InChI=1S/C19H18N4O3S/c1-13-16-11-14(12-20-18(16)26-21-13)19(25)23-8-6-22(7-9-23)17(24)5-4-15-3-2-10-27-15/h2-5,10-12H,6-9H2,1H3/b5-4+. The smallest absolute Gasteiger partial charge is 0.257 e. The fraction of sp³-hybridized carbons (Fsp3) is 0.263. The number of thiophene rings is 1. The second-order valence-electron chi connectivity index (χ2n) is 6.31. The molecular formula is C19H18N4O3S. The number of nitrogens with zero attached hydrogens (tertiary/aromatic N) is 4. The molecule has 0 radical (unpaired) electrons. The van der Waals surface area contributed by atoms with Crippen LogP contribution in [-0.4, -0.2) is 57.9 Å². The third-order valence-corrected chi connectivity index (χ3v) is 5.41. The lowest BCUT2D eigenvalue weighted by molar-refractivity contribution is -0.127. The van der Waals surface area contributed by atoms with E-state index in [4.69, 9.17) is 4.52 Å². The predicted molar refractivity (Wildman–Crippen MR) is 102 cm³/mol. The second-order valence-corrected chi connectivity index (χ2v) is 7.29. The van der Waals surface area contributed by atoms with Crippen molar-refractivity contribution in [3.63, 3.8) is 0 Å². The lowest BCUT2D eigenvalue weighted by atomic mass is 10.1. The molecule has 3 aromatic heterocycles. The molecule has 1 fully saturated rings. The van der Waals surface area contributed by atoms with Crippen LogP contribution in [0.3, 0.4) is 0 Å². The van der Waals surface area contributed by atoms with Crippen molar-refractivity contribution in [2.24, 2.45) is 0 Å². The van der Waals surface area contributed by atoms with Crippen molar-refractivity contribution < 1.29 is 14.1 Å². The van der Waals surface area contributed by atoms with Gasteiger partial charge in [-0.25, -0.2) is 4.98 Å². The molecule has 2 amide bonds. The van der Waals surface area contributed by atoms with Crippen molar-refractivity contribution >= 4 is 40.3 Å². The molecule has 4 rings (SSSR count). The molecule has 0 atom stereocenters. The zero-order chi connectivity index (χ0) is 18.8. The van der Waals surface area contributed by atoms with E-state index in [0.29, 0.717) is 43.1 Å². The number of carbonyl (C=O) groups excluding carboxylic acids is 2. The first-order chi connectivity index (χ1) is 13.1. The van der Waals surface area contributed by atoms with E-state index in [2.05, 4.69) is 10.1 Å². The Morgan fingerprint density at radius 1 is 1.22 bits per heavy atom. The van der Waals surface area contributed by atoms with Gasteiger partial charge in [0.25, 0.3) is 11.6 Å². The predicted octanol–water partition coefficient (Wildman–Crippen LogP) is 2.59. The highest BCUT2D eigenvalue weighted by Gasteiger charge is 2.24. The normalized spacial score (nSPS) is 15.0. The minimum atomic E-state index is -0.0915. The number of hydrogen-bond donors (Lipinski definition) is 0. The van der Waals surface area contributed by atoms with Crippen LogP contribution in [0.4, 0.5) is 0 Å². The Bertz CT molecular complexity index is 1000. The van der Waals surface area contributed by atoms with E-state index >= 15 is 0 Å². The molecule has 0 aromatic carbocycles. The summed E-state index contributed by atoms with van der Waals surface area (Å²) in [5, 5.41) is 6.58. The highest BCUT2D eigenvalue weighted by molar-refractivity contribution is 7.10. The third kappa shape index (κ3) is 3.61. The van der Waals surface area contributed by atoms with Gasteiger partial charge in [-0.05, 0) is 30.5 Å². The highest BCUT2D eigenvalue weighted by atomic mass is 32.1. The lowest BCUT2D eigenvalue weighted by Crippen LogP contribution is -2.50. The number of carbonyl (C=O) groups is 2. The van der Waals surface area contributed by atoms with Crippen LogP contribution in [0.15, 0.2) is 40.4 Å². The van der Waals surface area contributed by atoms with Crippen LogP contribution in [0, 0.1) is 6.92 Å². The van der Waals surface area contributed by atoms with Crippen LogP contribution in [0.25, 0.3) is 17.2 Å². The average Bonchev–Trinajstić information content (AvgIpc) is 3.35. The molecule has 138 valence electrons. The van der Waals surface area contributed by atoms with Crippen LogP contribution in [0.1, 0.15) is 20.9 Å². The van der Waals surface area contributed by atoms with E-state index < -0.39 is 0 Å². The van der Waals surface area contributed by atoms with E-state index in [1.807, 2.05) is 30.5 Å². The Hall–Kier alpha value is -3.00. The summed E-state index contributed by atoms with van der Waals surface area (Å²) in [6, 6.07) is 5.68. The summed E-state index contributed by atoms with van der Waals surface area (Å²) in [6.07, 6.45) is 4.93. The summed E-state index contributed by atoms with van der Waals surface area (Å²) in [6.45, 7) is 3.84. The van der Waals surface area contributed by atoms with E-state index in [-0.39, 0.29) is 11.8 Å². The number of amides is 2. The maximum Gasteiger partial charge on any atom is 0.257 e. The molecule has 0 unspecified atom stereocenters. The summed E-state index contributed by atoms with van der Waals surface area (Å²) in [5.41, 5.74) is 1.64. The van der Waals surface area contributed by atoms with Crippen molar-refractivity contribution in [2.45, 2.75) is 6.92 Å². The molecule has 0 N–H and O–H groups in total. The molecule has 3 aromatic rings. The van der Waals surface area contributed by atoms with Gasteiger partial charge in [-0.2, -0.15) is 0 Å².